The van der Waals surface area contributed by atoms with Gasteiger partial charge in [-0.25, -0.2) is 0 Å². The molecule has 0 atom stereocenters. The van der Waals surface area contributed by atoms with Crippen molar-refractivity contribution in [1.29, 1.82) is 0 Å². The Bertz CT molecular complexity index is 1050. The molecule has 0 fully saturated rings. The zero-order valence-corrected chi connectivity index (χ0v) is 17.0. The maximum Gasteiger partial charge on any atom is 0.279 e. The van der Waals surface area contributed by atoms with Gasteiger partial charge < -0.3 is 9.30 Å². The van der Waals surface area contributed by atoms with Gasteiger partial charge in [-0.3, -0.25) is 4.79 Å². The normalized spacial score (nSPS) is 12.4. The van der Waals surface area contributed by atoms with Gasteiger partial charge in [0.15, 0.2) is 4.80 Å². The molecule has 0 unspecified atom stereocenters. The van der Waals surface area contributed by atoms with Crippen LogP contribution in [0, 0.1) is 0 Å². The number of fused-ring (bicyclic) bond motifs is 1. The molecular weight excluding hydrogens is 356 g/mol. The van der Waals surface area contributed by atoms with E-state index in [4.69, 9.17) is 4.74 Å². The summed E-state index contributed by atoms with van der Waals surface area (Å²) < 4.78 is 8.47. The fourth-order valence-electron chi connectivity index (χ4n) is 2.91. The highest BCUT2D eigenvalue weighted by molar-refractivity contribution is 7.16. The van der Waals surface area contributed by atoms with Crippen LogP contribution in [0.5, 0.6) is 5.75 Å². The number of aromatic nitrogens is 1. The number of hydrogen-bond acceptors (Lipinski definition) is 3. The van der Waals surface area contributed by atoms with Crippen LogP contribution in [-0.4, -0.2) is 17.6 Å². The predicted molar refractivity (Wildman–Crippen MR) is 112 cm³/mol. The second kappa shape index (κ2) is 7.53. The Kier molecular flexibility index (Phi) is 5.33. The highest BCUT2D eigenvalue weighted by Crippen LogP contribution is 2.27. The van der Waals surface area contributed by atoms with E-state index in [2.05, 4.69) is 32.3 Å². The van der Waals surface area contributed by atoms with Crippen LogP contribution in [0.2, 0.25) is 0 Å². The average molecular weight is 381 g/mol. The van der Waals surface area contributed by atoms with Crippen molar-refractivity contribution < 1.29 is 9.53 Å². The van der Waals surface area contributed by atoms with E-state index < -0.39 is 0 Å². The van der Waals surface area contributed by atoms with Crippen LogP contribution < -0.4 is 9.54 Å². The SMILES string of the molecule is C=CCn1c(=NC(=O)c2ccc(C(C)(C)C)cc2)sc2cccc(OC)c21. The second-order valence-electron chi connectivity index (χ2n) is 7.34. The van der Waals surface area contributed by atoms with Gasteiger partial charge in [0.2, 0.25) is 0 Å². The van der Waals surface area contributed by atoms with Crippen molar-refractivity contribution in [3.8, 4) is 5.75 Å². The lowest BCUT2D eigenvalue weighted by Gasteiger charge is -2.18. The zero-order chi connectivity index (χ0) is 19.6. The summed E-state index contributed by atoms with van der Waals surface area (Å²) >= 11 is 1.47. The van der Waals surface area contributed by atoms with Crippen LogP contribution in [0.15, 0.2) is 60.1 Å². The van der Waals surface area contributed by atoms with Crippen molar-refractivity contribution in [3.05, 3.63) is 71.0 Å². The lowest BCUT2D eigenvalue weighted by Crippen LogP contribution is -2.17. The van der Waals surface area contributed by atoms with Gasteiger partial charge in [0.05, 0.1) is 11.8 Å². The van der Waals surface area contributed by atoms with Gasteiger partial charge in [0.25, 0.3) is 5.91 Å². The Morgan fingerprint density at radius 3 is 2.52 bits per heavy atom. The van der Waals surface area contributed by atoms with Gasteiger partial charge in [0, 0.05) is 12.1 Å². The molecule has 0 saturated heterocycles. The molecule has 0 aliphatic heterocycles. The second-order valence-corrected chi connectivity index (χ2v) is 8.34. The fraction of sp³-hybridized carbons (Fsp3) is 0.273. The number of amides is 1. The molecule has 4 nitrogen and oxygen atoms in total. The molecule has 3 aromatic rings. The number of carbonyl (C=O) groups excluding carboxylic acids is 1. The Morgan fingerprint density at radius 1 is 1.22 bits per heavy atom. The number of para-hydroxylation sites is 1. The first-order valence-corrected chi connectivity index (χ1v) is 9.63. The van der Waals surface area contributed by atoms with Crippen LogP contribution in [0.25, 0.3) is 10.2 Å². The number of rotatable bonds is 4. The molecule has 0 aliphatic carbocycles. The summed E-state index contributed by atoms with van der Waals surface area (Å²) in [4.78, 5) is 17.8. The topological polar surface area (TPSA) is 43.6 Å². The Balaban J connectivity index is 2.08. The summed E-state index contributed by atoms with van der Waals surface area (Å²) in [7, 11) is 1.64. The summed E-state index contributed by atoms with van der Waals surface area (Å²) in [6.07, 6.45) is 1.79. The maximum absolute atomic E-state index is 12.7. The summed E-state index contributed by atoms with van der Waals surface area (Å²) in [6, 6.07) is 13.5. The summed E-state index contributed by atoms with van der Waals surface area (Å²) in [5.41, 5.74) is 2.75. The molecular formula is C22H24N2O2S. The molecule has 0 spiro atoms. The first-order valence-electron chi connectivity index (χ1n) is 8.82. The van der Waals surface area contributed by atoms with Crippen LogP contribution >= 0.6 is 11.3 Å². The van der Waals surface area contributed by atoms with Gasteiger partial charge in [0.1, 0.15) is 11.3 Å². The number of carbonyl (C=O) groups is 1. The quantitative estimate of drug-likeness (QED) is 0.602. The number of ether oxygens (including phenoxy) is 1. The smallest absolute Gasteiger partial charge is 0.279 e. The van der Waals surface area contributed by atoms with E-state index in [1.807, 2.05) is 47.0 Å². The third-order valence-corrected chi connectivity index (χ3v) is 5.43. The van der Waals surface area contributed by atoms with Gasteiger partial charge in [-0.1, -0.05) is 56.4 Å². The summed E-state index contributed by atoms with van der Waals surface area (Å²) in [5.74, 6) is 0.507. The molecule has 0 aliphatic rings. The number of benzene rings is 2. The monoisotopic (exact) mass is 380 g/mol. The highest BCUT2D eigenvalue weighted by atomic mass is 32.1. The van der Waals surface area contributed by atoms with E-state index in [9.17, 15) is 4.79 Å². The molecule has 0 radical (unpaired) electrons. The lowest BCUT2D eigenvalue weighted by atomic mass is 9.87. The van der Waals surface area contributed by atoms with E-state index in [-0.39, 0.29) is 11.3 Å². The van der Waals surface area contributed by atoms with E-state index in [1.54, 1.807) is 13.2 Å². The van der Waals surface area contributed by atoms with Gasteiger partial charge in [-0.15, -0.1) is 6.58 Å². The largest absolute Gasteiger partial charge is 0.495 e. The van der Waals surface area contributed by atoms with Crippen LogP contribution in [0.1, 0.15) is 36.7 Å². The first-order chi connectivity index (χ1) is 12.8. The standard InChI is InChI=1S/C22H24N2O2S/c1-6-14-24-19-17(26-5)8-7-9-18(19)27-21(24)23-20(25)15-10-12-16(13-11-15)22(2,3)4/h6-13H,1,14H2,2-5H3. The number of nitrogens with zero attached hydrogens (tertiary/aromatic N) is 2. The third kappa shape index (κ3) is 3.88. The van der Waals surface area contributed by atoms with E-state index in [0.29, 0.717) is 16.9 Å². The third-order valence-electron chi connectivity index (χ3n) is 4.39. The Morgan fingerprint density at radius 2 is 1.93 bits per heavy atom. The zero-order valence-electron chi connectivity index (χ0n) is 16.2. The number of thiazole rings is 1. The molecule has 0 N–H and O–H groups in total. The van der Waals surface area contributed by atoms with Gasteiger partial charge in [-0.05, 0) is 35.2 Å². The van der Waals surface area contributed by atoms with Gasteiger partial charge >= 0.3 is 0 Å². The molecule has 1 amide bonds. The molecule has 3 rings (SSSR count). The summed E-state index contributed by atoms with van der Waals surface area (Å²) in [6.45, 7) is 10.8. The lowest BCUT2D eigenvalue weighted by molar-refractivity contribution is 0.0998. The van der Waals surface area contributed by atoms with E-state index >= 15 is 0 Å². The van der Waals surface area contributed by atoms with Crippen molar-refractivity contribution in [2.45, 2.75) is 32.7 Å². The molecule has 2 aromatic carbocycles. The average Bonchev–Trinajstić information content (AvgIpc) is 2.98. The van der Waals surface area contributed by atoms with E-state index in [1.165, 1.54) is 16.9 Å². The minimum absolute atomic E-state index is 0.0493. The van der Waals surface area contributed by atoms with Crippen molar-refractivity contribution >= 4 is 27.5 Å². The fourth-order valence-corrected chi connectivity index (χ4v) is 3.97. The highest BCUT2D eigenvalue weighted by Gasteiger charge is 2.15. The van der Waals surface area contributed by atoms with E-state index in [0.717, 1.165) is 16.0 Å². The molecule has 27 heavy (non-hydrogen) atoms. The Hall–Kier alpha value is -2.66. The molecule has 1 heterocycles. The molecule has 140 valence electrons. The number of allylic oxidation sites excluding steroid dienone is 1. The minimum atomic E-state index is -0.251. The molecule has 0 bridgehead atoms. The Labute approximate surface area is 163 Å². The minimum Gasteiger partial charge on any atom is -0.495 e. The van der Waals surface area contributed by atoms with Crippen molar-refractivity contribution in [2.75, 3.05) is 7.11 Å². The maximum atomic E-state index is 12.7. The predicted octanol–water partition coefficient (Wildman–Crippen LogP) is 4.94. The summed E-state index contributed by atoms with van der Waals surface area (Å²) in [5, 5.41) is 0. The number of methoxy groups -OCH3 is 1. The molecule has 5 heteroatoms. The molecule has 0 saturated carbocycles. The number of hydrogen-bond donors (Lipinski definition) is 0. The van der Waals surface area contributed by atoms with Crippen LogP contribution in [0.3, 0.4) is 0 Å². The first kappa shape index (κ1) is 19.1. The van der Waals surface area contributed by atoms with Gasteiger partial charge in [-0.2, -0.15) is 4.99 Å². The molecule has 1 aromatic heterocycles. The van der Waals surface area contributed by atoms with Crippen LogP contribution in [0.4, 0.5) is 0 Å². The van der Waals surface area contributed by atoms with Crippen molar-refractivity contribution in [3.63, 3.8) is 0 Å². The van der Waals surface area contributed by atoms with Crippen LogP contribution in [-0.2, 0) is 12.0 Å². The van der Waals surface area contributed by atoms with Crippen molar-refractivity contribution in [2.24, 2.45) is 4.99 Å². The van der Waals surface area contributed by atoms with Crippen molar-refractivity contribution in [1.82, 2.24) is 4.57 Å².